The molecule has 174 valence electrons. The number of methoxy groups -OCH3 is 3. The van der Waals surface area contributed by atoms with E-state index >= 15 is 0 Å². The predicted molar refractivity (Wildman–Crippen MR) is 112 cm³/mol. The van der Waals surface area contributed by atoms with E-state index in [1.807, 2.05) is 18.2 Å². The first-order valence-corrected chi connectivity index (χ1v) is 10.5. The van der Waals surface area contributed by atoms with Crippen molar-refractivity contribution in [3.63, 3.8) is 0 Å². The highest BCUT2D eigenvalue weighted by atomic mass is 19.3. The van der Waals surface area contributed by atoms with Crippen LogP contribution in [0.4, 0.5) is 8.78 Å². The maximum absolute atomic E-state index is 14.6. The van der Waals surface area contributed by atoms with Gasteiger partial charge in [0.15, 0.2) is 13.6 Å². The second-order valence-electron chi connectivity index (χ2n) is 8.18. The summed E-state index contributed by atoms with van der Waals surface area (Å²) in [5.74, 6) is -1.69. The topological polar surface area (TPSA) is 55.4 Å². The van der Waals surface area contributed by atoms with Crippen molar-refractivity contribution in [2.75, 3.05) is 34.9 Å². The first kappa shape index (κ1) is 22.8. The van der Waals surface area contributed by atoms with Crippen LogP contribution in [-0.4, -0.2) is 40.8 Å². The predicted octanol–water partition coefficient (Wildman–Crippen LogP) is 5.06. The Bertz CT molecular complexity index is 917. The summed E-state index contributed by atoms with van der Waals surface area (Å²) >= 11 is 0. The minimum absolute atomic E-state index is 0.0659. The van der Waals surface area contributed by atoms with E-state index in [0.29, 0.717) is 17.2 Å². The Morgan fingerprint density at radius 3 is 2.25 bits per heavy atom. The Labute approximate surface area is 186 Å². The van der Waals surface area contributed by atoms with Crippen molar-refractivity contribution >= 4 is 0 Å². The summed E-state index contributed by atoms with van der Waals surface area (Å²) in [5, 5.41) is 0. The lowest BCUT2D eigenvalue weighted by molar-refractivity contribution is -0.00248. The van der Waals surface area contributed by atoms with Gasteiger partial charge in [-0.1, -0.05) is 12.1 Å². The Balaban J connectivity index is 1.72. The molecule has 2 aromatic rings. The Morgan fingerprint density at radius 1 is 0.906 bits per heavy atom. The molecule has 6 nitrogen and oxygen atoms in total. The van der Waals surface area contributed by atoms with Crippen LogP contribution in [0.15, 0.2) is 36.4 Å². The lowest BCUT2D eigenvalue weighted by Gasteiger charge is -2.37. The molecule has 3 atom stereocenters. The van der Waals surface area contributed by atoms with E-state index in [1.165, 1.54) is 7.11 Å². The minimum atomic E-state index is -2.76. The van der Waals surface area contributed by atoms with Crippen LogP contribution < -0.4 is 14.2 Å². The molecule has 1 heterocycles. The van der Waals surface area contributed by atoms with Gasteiger partial charge in [0, 0.05) is 57.1 Å². The molecule has 2 aliphatic rings. The molecule has 0 amide bonds. The van der Waals surface area contributed by atoms with Gasteiger partial charge in [-0.25, -0.2) is 8.78 Å². The van der Waals surface area contributed by atoms with Gasteiger partial charge in [-0.15, -0.1) is 0 Å². The normalized spacial score (nSPS) is 23.2. The molecule has 1 aliphatic carbocycles. The maximum atomic E-state index is 14.6. The molecule has 1 saturated carbocycles. The van der Waals surface area contributed by atoms with Crippen LogP contribution in [-0.2, 0) is 20.8 Å². The first-order valence-electron chi connectivity index (χ1n) is 10.5. The summed E-state index contributed by atoms with van der Waals surface area (Å²) in [6.45, 7) is 0.477. The van der Waals surface area contributed by atoms with Gasteiger partial charge in [0.2, 0.25) is 5.92 Å². The monoisotopic (exact) mass is 450 g/mol. The van der Waals surface area contributed by atoms with Gasteiger partial charge in [-0.2, -0.15) is 0 Å². The van der Waals surface area contributed by atoms with E-state index in [9.17, 15) is 8.78 Å². The van der Waals surface area contributed by atoms with Gasteiger partial charge in [-0.05, 0) is 29.8 Å². The number of benzene rings is 2. The number of hydrogen-bond acceptors (Lipinski definition) is 6. The van der Waals surface area contributed by atoms with E-state index in [2.05, 4.69) is 0 Å². The van der Waals surface area contributed by atoms with Crippen molar-refractivity contribution in [1.29, 1.82) is 0 Å². The zero-order valence-corrected chi connectivity index (χ0v) is 18.4. The maximum Gasteiger partial charge on any atom is 0.249 e. The lowest BCUT2D eigenvalue weighted by Crippen LogP contribution is -2.28. The fraction of sp³-hybridized carbons (Fsp3) is 0.500. The van der Waals surface area contributed by atoms with Crippen molar-refractivity contribution < 1.29 is 37.2 Å². The summed E-state index contributed by atoms with van der Waals surface area (Å²) in [6.07, 6.45) is -0.953. The zero-order valence-electron chi connectivity index (χ0n) is 18.4. The van der Waals surface area contributed by atoms with Crippen LogP contribution in [0, 0.1) is 5.92 Å². The average Bonchev–Trinajstić information content (AvgIpc) is 3.12. The van der Waals surface area contributed by atoms with Crippen LogP contribution in [0.25, 0.3) is 0 Å². The van der Waals surface area contributed by atoms with Crippen molar-refractivity contribution in [3.8, 4) is 17.2 Å². The lowest BCUT2D eigenvalue weighted by atomic mass is 9.79. The summed E-state index contributed by atoms with van der Waals surface area (Å²) in [6, 6.07) is 10.9. The number of rotatable bonds is 9. The highest BCUT2D eigenvalue weighted by molar-refractivity contribution is 5.52. The smallest absolute Gasteiger partial charge is 0.249 e. The molecule has 8 heteroatoms. The third kappa shape index (κ3) is 4.67. The molecule has 0 N–H and O–H groups in total. The van der Waals surface area contributed by atoms with Crippen molar-refractivity contribution in [2.24, 2.45) is 5.92 Å². The number of halogens is 2. The zero-order chi connectivity index (χ0) is 22.7. The molecule has 32 heavy (non-hydrogen) atoms. The second-order valence-corrected chi connectivity index (χ2v) is 8.18. The van der Waals surface area contributed by atoms with Crippen LogP contribution in [0.5, 0.6) is 17.2 Å². The van der Waals surface area contributed by atoms with Crippen LogP contribution >= 0.6 is 0 Å². The third-order valence-electron chi connectivity index (χ3n) is 5.97. The molecule has 2 aromatic carbocycles. The van der Waals surface area contributed by atoms with Crippen LogP contribution in [0.3, 0.4) is 0 Å². The number of hydrogen-bond donors (Lipinski definition) is 0. The van der Waals surface area contributed by atoms with E-state index in [-0.39, 0.29) is 44.9 Å². The van der Waals surface area contributed by atoms with E-state index in [1.54, 1.807) is 32.4 Å². The number of fused-ring (bicyclic) bond motifs is 3. The first-order chi connectivity index (χ1) is 15.5. The van der Waals surface area contributed by atoms with E-state index < -0.39 is 12.0 Å². The van der Waals surface area contributed by atoms with Gasteiger partial charge in [0.05, 0.1) is 6.61 Å². The van der Waals surface area contributed by atoms with Crippen LogP contribution in [0.1, 0.15) is 41.6 Å². The third-order valence-corrected chi connectivity index (χ3v) is 5.97. The van der Waals surface area contributed by atoms with Gasteiger partial charge >= 0.3 is 0 Å². The van der Waals surface area contributed by atoms with Crippen LogP contribution in [0.2, 0.25) is 0 Å². The Kier molecular flexibility index (Phi) is 6.83. The molecule has 0 aromatic heterocycles. The Morgan fingerprint density at radius 2 is 1.59 bits per heavy atom. The fourth-order valence-corrected chi connectivity index (χ4v) is 4.69. The molecule has 1 fully saturated rings. The molecule has 4 rings (SSSR count). The van der Waals surface area contributed by atoms with Gasteiger partial charge in [-0.3, -0.25) is 0 Å². The molecule has 0 bridgehead atoms. The molecule has 0 spiro atoms. The highest BCUT2D eigenvalue weighted by Crippen LogP contribution is 2.59. The highest BCUT2D eigenvalue weighted by Gasteiger charge is 2.53. The van der Waals surface area contributed by atoms with Gasteiger partial charge < -0.3 is 28.4 Å². The van der Waals surface area contributed by atoms with Crippen molar-refractivity contribution in [3.05, 3.63) is 53.1 Å². The molecule has 1 aliphatic heterocycles. The largest absolute Gasteiger partial charge is 0.485 e. The number of ether oxygens (including phenoxy) is 6. The summed E-state index contributed by atoms with van der Waals surface area (Å²) < 4.78 is 62.0. The SMILES string of the molecule is COCOc1ccc(C2Oc3c(COC)cc(OCOC)cc3C3CC(F)(F)CC32)cc1. The molecular formula is C24H28F2O6. The molecule has 3 unspecified atom stereocenters. The van der Waals surface area contributed by atoms with E-state index in [4.69, 9.17) is 28.4 Å². The fourth-order valence-electron chi connectivity index (χ4n) is 4.69. The summed E-state index contributed by atoms with van der Waals surface area (Å²) in [4.78, 5) is 0. The van der Waals surface area contributed by atoms with Crippen molar-refractivity contribution in [2.45, 2.75) is 37.4 Å². The summed E-state index contributed by atoms with van der Waals surface area (Å²) in [5.41, 5.74) is 2.33. The molecule has 0 saturated heterocycles. The second kappa shape index (κ2) is 9.60. The Hall–Kier alpha value is -2.42. The molecular weight excluding hydrogens is 422 g/mol. The molecule has 0 radical (unpaired) electrons. The minimum Gasteiger partial charge on any atom is -0.485 e. The number of alkyl halides is 2. The van der Waals surface area contributed by atoms with Crippen molar-refractivity contribution in [1.82, 2.24) is 0 Å². The summed E-state index contributed by atoms with van der Waals surface area (Å²) in [7, 11) is 4.66. The standard InChI is InChI=1S/C24H28F2O6/c1-27-12-16-8-18(31-14-29-3)9-19-20-10-24(25,26)11-21(20)22(32-23(16)19)15-4-6-17(7-5-15)30-13-28-2/h4-9,20-22H,10-14H2,1-3H3. The quantitative estimate of drug-likeness (QED) is 0.498. The average molecular weight is 450 g/mol. The van der Waals surface area contributed by atoms with E-state index in [0.717, 1.165) is 16.7 Å². The van der Waals surface area contributed by atoms with Gasteiger partial charge in [0.25, 0.3) is 0 Å². The van der Waals surface area contributed by atoms with Gasteiger partial charge in [0.1, 0.15) is 23.4 Å².